The molecule has 214 valence electrons. The van der Waals surface area contributed by atoms with Crippen LogP contribution in [0.1, 0.15) is 64.9 Å². The molecule has 2 atom stereocenters. The lowest BCUT2D eigenvalue weighted by Crippen LogP contribution is -2.40. The number of amides is 1. The second-order valence-corrected chi connectivity index (χ2v) is 11.2. The highest BCUT2D eigenvalue weighted by atomic mass is 31.2. The van der Waals surface area contributed by atoms with Crippen LogP contribution in [0.15, 0.2) is 18.2 Å². The molecule has 12 heteroatoms. The molecular formula is C26H41N2O9P. The van der Waals surface area contributed by atoms with E-state index in [1.54, 1.807) is 39.0 Å². The molecule has 0 bridgehead atoms. The number of benzene rings is 1. The first-order chi connectivity index (χ1) is 18.1. The third-order valence-corrected chi connectivity index (χ3v) is 7.73. The van der Waals surface area contributed by atoms with E-state index in [1.165, 1.54) is 14.2 Å². The fourth-order valence-electron chi connectivity index (χ4n) is 4.30. The van der Waals surface area contributed by atoms with Crippen LogP contribution in [0.2, 0.25) is 0 Å². The zero-order valence-electron chi connectivity index (χ0n) is 22.9. The van der Waals surface area contributed by atoms with E-state index in [-0.39, 0.29) is 38.0 Å². The van der Waals surface area contributed by atoms with Gasteiger partial charge in [-0.2, -0.15) is 0 Å². The van der Waals surface area contributed by atoms with Gasteiger partial charge in [0, 0.05) is 13.7 Å². The number of alkyl carbamates (subject to hydrolysis) is 1. The van der Waals surface area contributed by atoms with Crippen LogP contribution in [0.4, 0.5) is 4.79 Å². The Balaban J connectivity index is 1.95. The van der Waals surface area contributed by atoms with Gasteiger partial charge in [-0.3, -0.25) is 9.59 Å². The number of hydrogen-bond donors (Lipinski definition) is 3. The van der Waals surface area contributed by atoms with Crippen LogP contribution in [-0.4, -0.2) is 62.4 Å². The smallest absolute Gasteiger partial charge is 0.407 e. The molecule has 0 aliphatic heterocycles. The van der Waals surface area contributed by atoms with Crippen LogP contribution < -0.4 is 19.7 Å². The first-order valence-electron chi connectivity index (χ1n) is 12.8. The van der Waals surface area contributed by atoms with E-state index in [0.29, 0.717) is 17.1 Å². The van der Waals surface area contributed by atoms with E-state index in [0.717, 1.165) is 32.1 Å². The molecule has 1 amide bonds. The molecule has 38 heavy (non-hydrogen) atoms. The number of carboxylic acid groups (broad SMARTS) is 1. The van der Waals surface area contributed by atoms with Gasteiger partial charge in [-0.05, 0) is 56.7 Å². The number of carbonyl (C=O) groups is 3. The van der Waals surface area contributed by atoms with E-state index in [9.17, 15) is 19.5 Å². The molecule has 1 aromatic rings. The minimum Gasteiger partial charge on any atom is -0.493 e. The zero-order chi connectivity index (χ0) is 28.1. The van der Waals surface area contributed by atoms with Crippen LogP contribution in [0.3, 0.4) is 0 Å². The maximum absolute atomic E-state index is 12.4. The molecule has 1 aliphatic carbocycles. The predicted molar refractivity (Wildman–Crippen MR) is 142 cm³/mol. The lowest BCUT2D eigenvalue weighted by atomic mass is 9.72. The zero-order valence-corrected chi connectivity index (χ0v) is 23.8. The van der Waals surface area contributed by atoms with Gasteiger partial charge in [-0.15, -0.1) is 0 Å². The number of ether oxygens (including phenoxy) is 4. The highest BCUT2D eigenvalue weighted by Crippen LogP contribution is 2.40. The normalized spacial score (nSPS) is 16.3. The predicted octanol–water partition coefficient (Wildman–Crippen LogP) is 4.57. The Hall–Kier alpha value is -2.62. The SMILES string of the molecule is COCP(N[C@@H](C)C(=O)OC(C)C)Oc1ccc(COC(=O)NCC2(CC(=O)O)CCCCC2)cc1OC. The largest absolute Gasteiger partial charge is 0.493 e. The molecule has 1 fully saturated rings. The minimum absolute atomic E-state index is 0.00242. The van der Waals surface area contributed by atoms with Crippen molar-refractivity contribution in [3.8, 4) is 11.5 Å². The maximum Gasteiger partial charge on any atom is 0.407 e. The van der Waals surface area contributed by atoms with Crippen LogP contribution in [0, 0.1) is 5.41 Å². The van der Waals surface area contributed by atoms with Crippen molar-refractivity contribution >= 4 is 26.3 Å². The third-order valence-electron chi connectivity index (χ3n) is 6.14. The molecule has 11 nitrogen and oxygen atoms in total. The van der Waals surface area contributed by atoms with E-state index < -0.39 is 31.8 Å². The average molecular weight is 557 g/mol. The second kappa shape index (κ2) is 15.7. The molecule has 1 saturated carbocycles. The summed E-state index contributed by atoms with van der Waals surface area (Å²) in [6, 6.07) is 4.55. The Morgan fingerprint density at radius 2 is 1.79 bits per heavy atom. The third kappa shape index (κ3) is 10.6. The monoisotopic (exact) mass is 556 g/mol. The van der Waals surface area contributed by atoms with Gasteiger partial charge in [-0.1, -0.05) is 25.3 Å². The fraction of sp³-hybridized carbons (Fsp3) is 0.654. The van der Waals surface area contributed by atoms with Crippen molar-refractivity contribution in [2.45, 2.75) is 78.0 Å². The van der Waals surface area contributed by atoms with Crippen LogP contribution in [0.25, 0.3) is 0 Å². The fourth-order valence-corrected chi connectivity index (χ4v) is 5.64. The van der Waals surface area contributed by atoms with Gasteiger partial charge in [0.15, 0.2) is 19.8 Å². The first kappa shape index (κ1) is 31.6. The maximum atomic E-state index is 12.4. The molecule has 0 aromatic heterocycles. The first-order valence-corrected chi connectivity index (χ1v) is 14.2. The summed E-state index contributed by atoms with van der Waals surface area (Å²) in [5, 5.41) is 15.2. The van der Waals surface area contributed by atoms with Crippen molar-refractivity contribution in [1.29, 1.82) is 0 Å². The summed E-state index contributed by atoms with van der Waals surface area (Å²) in [5.74, 6) is -0.376. The quantitative estimate of drug-likeness (QED) is 0.208. The summed E-state index contributed by atoms with van der Waals surface area (Å²) < 4.78 is 27.4. The molecular weight excluding hydrogens is 515 g/mol. The van der Waals surface area contributed by atoms with Gasteiger partial charge in [0.25, 0.3) is 0 Å². The highest BCUT2D eigenvalue weighted by Gasteiger charge is 2.35. The summed E-state index contributed by atoms with van der Waals surface area (Å²) in [6.07, 6.45) is 3.98. The molecule has 3 N–H and O–H groups in total. The Labute approximate surface area is 225 Å². The number of carbonyl (C=O) groups excluding carboxylic acids is 2. The van der Waals surface area contributed by atoms with Crippen LogP contribution in [-0.2, 0) is 30.4 Å². The minimum atomic E-state index is -1.40. The van der Waals surface area contributed by atoms with Crippen molar-refractivity contribution in [3.05, 3.63) is 23.8 Å². The van der Waals surface area contributed by atoms with Gasteiger partial charge in [-0.25, -0.2) is 9.88 Å². The Morgan fingerprint density at radius 1 is 1.08 bits per heavy atom. The topological polar surface area (TPSA) is 142 Å². The molecule has 0 radical (unpaired) electrons. The van der Waals surface area contributed by atoms with Crippen molar-refractivity contribution < 1.29 is 43.0 Å². The highest BCUT2D eigenvalue weighted by molar-refractivity contribution is 7.50. The standard InChI is InChI=1S/C26H41N2O9P/c1-18(2)36-24(31)19(3)28-38(17-33-4)37-21-10-9-20(13-22(21)34-5)15-35-25(32)27-16-26(14-23(29)30)11-7-6-8-12-26/h9-10,13,18-19,28H,6-8,11-12,14-17H2,1-5H3,(H,27,32)(H,29,30)/t19-,38?/m0/s1. The van der Waals surface area contributed by atoms with Crippen LogP contribution in [0.5, 0.6) is 11.5 Å². The summed E-state index contributed by atoms with van der Waals surface area (Å²) in [6.45, 7) is 5.53. The average Bonchev–Trinajstić information content (AvgIpc) is 2.86. The van der Waals surface area contributed by atoms with Gasteiger partial charge >= 0.3 is 18.0 Å². The summed E-state index contributed by atoms with van der Waals surface area (Å²) in [7, 11) is 1.64. The Morgan fingerprint density at radius 3 is 2.39 bits per heavy atom. The van der Waals surface area contributed by atoms with E-state index in [2.05, 4.69) is 10.4 Å². The van der Waals surface area contributed by atoms with E-state index in [1.807, 2.05) is 0 Å². The Bertz CT molecular complexity index is 922. The van der Waals surface area contributed by atoms with E-state index >= 15 is 0 Å². The number of rotatable bonds is 15. The number of carboxylic acids is 1. The second-order valence-electron chi connectivity index (χ2n) is 9.77. The molecule has 1 unspecified atom stereocenters. The molecule has 2 rings (SSSR count). The van der Waals surface area contributed by atoms with Gasteiger partial charge in [0.1, 0.15) is 19.0 Å². The van der Waals surface area contributed by atoms with E-state index in [4.69, 9.17) is 23.5 Å². The van der Waals surface area contributed by atoms with Crippen LogP contribution >= 0.6 is 8.30 Å². The van der Waals surface area contributed by atoms with Gasteiger partial charge < -0.3 is 33.9 Å². The van der Waals surface area contributed by atoms with Crippen molar-refractivity contribution in [2.75, 3.05) is 27.1 Å². The molecule has 0 spiro atoms. The number of esters is 1. The van der Waals surface area contributed by atoms with Gasteiger partial charge in [0.05, 0.1) is 19.6 Å². The number of methoxy groups -OCH3 is 2. The number of nitrogens with one attached hydrogen (secondary N) is 2. The lowest BCUT2D eigenvalue weighted by molar-refractivity contribution is -0.149. The molecule has 1 aromatic carbocycles. The summed E-state index contributed by atoms with van der Waals surface area (Å²) in [5.41, 5.74) is 0.253. The van der Waals surface area contributed by atoms with Gasteiger partial charge in [0.2, 0.25) is 0 Å². The summed E-state index contributed by atoms with van der Waals surface area (Å²) >= 11 is 0. The molecule has 0 saturated heterocycles. The van der Waals surface area contributed by atoms with Crippen molar-refractivity contribution in [1.82, 2.24) is 10.4 Å². The van der Waals surface area contributed by atoms with Crippen molar-refractivity contribution in [3.63, 3.8) is 0 Å². The summed E-state index contributed by atoms with van der Waals surface area (Å²) in [4.78, 5) is 35.9. The number of hydrogen-bond acceptors (Lipinski definition) is 9. The number of aliphatic carboxylic acids is 1. The molecule has 0 heterocycles. The molecule has 1 aliphatic rings. The Kier molecular flexibility index (Phi) is 13.1. The van der Waals surface area contributed by atoms with Crippen molar-refractivity contribution in [2.24, 2.45) is 5.41 Å². The lowest BCUT2D eigenvalue weighted by Gasteiger charge is -2.36.